The van der Waals surface area contributed by atoms with E-state index in [9.17, 15) is 4.79 Å². The van der Waals surface area contributed by atoms with Gasteiger partial charge in [0, 0.05) is 0 Å². The number of esters is 1. The van der Waals surface area contributed by atoms with Crippen LogP contribution in [-0.4, -0.2) is 17.6 Å². The molecule has 100 valence electrons. The van der Waals surface area contributed by atoms with E-state index in [4.69, 9.17) is 10.5 Å². The van der Waals surface area contributed by atoms with Crippen LogP contribution < -0.4 is 5.73 Å². The Hall–Kier alpha value is -0.940. The monoisotopic (exact) mass is 268 g/mol. The maximum atomic E-state index is 11.9. The number of carbonyl (C=O) groups excluding carboxylic acids is 1. The number of aromatic nitrogens is 1. The van der Waals surface area contributed by atoms with E-state index >= 15 is 0 Å². The third kappa shape index (κ3) is 2.29. The first-order valence-electron chi connectivity index (χ1n) is 6.45. The molecule has 0 aromatic carbocycles. The summed E-state index contributed by atoms with van der Waals surface area (Å²) in [7, 11) is 0. The summed E-state index contributed by atoms with van der Waals surface area (Å²) in [5.41, 5.74) is 6.79. The minimum atomic E-state index is -0.306. The van der Waals surface area contributed by atoms with E-state index in [0.717, 1.165) is 30.0 Å². The van der Waals surface area contributed by atoms with Crippen molar-refractivity contribution in [2.24, 2.45) is 5.73 Å². The topological polar surface area (TPSA) is 65.2 Å². The second kappa shape index (κ2) is 4.97. The fourth-order valence-electron chi connectivity index (χ4n) is 2.05. The Morgan fingerprint density at radius 2 is 2.22 bits per heavy atom. The minimum Gasteiger partial charge on any atom is -0.462 e. The van der Waals surface area contributed by atoms with Gasteiger partial charge in [-0.3, -0.25) is 0 Å². The maximum Gasteiger partial charge on any atom is 0.350 e. The summed E-state index contributed by atoms with van der Waals surface area (Å²) in [6, 6.07) is 0. The van der Waals surface area contributed by atoms with Crippen molar-refractivity contribution in [1.82, 2.24) is 4.98 Å². The Balaban J connectivity index is 2.35. The van der Waals surface area contributed by atoms with Crippen LogP contribution in [0.3, 0.4) is 0 Å². The number of ether oxygens (including phenoxy) is 1. The first-order valence-corrected chi connectivity index (χ1v) is 7.27. The molecule has 1 aromatic heterocycles. The zero-order valence-corrected chi connectivity index (χ0v) is 12.0. The van der Waals surface area contributed by atoms with E-state index in [1.54, 1.807) is 0 Å². The van der Waals surface area contributed by atoms with Crippen molar-refractivity contribution in [2.75, 3.05) is 6.61 Å². The van der Waals surface area contributed by atoms with E-state index in [0.29, 0.717) is 11.5 Å². The summed E-state index contributed by atoms with van der Waals surface area (Å²) in [6.45, 7) is 6.26. The lowest BCUT2D eigenvalue weighted by atomic mass is 9.78. The Kier molecular flexibility index (Phi) is 3.73. The molecule has 0 unspecified atom stereocenters. The van der Waals surface area contributed by atoms with Gasteiger partial charge in [0.2, 0.25) is 0 Å². The van der Waals surface area contributed by atoms with Crippen molar-refractivity contribution >= 4 is 17.3 Å². The molecule has 1 aliphatic carbocycles. The molecule has 0 amide bonds. The number of thiazole rings is 1. The normalized spacial score (nSPS) is 17.6. The minimum absolute atomic E-state index is 0.207. The van der Waals surface area contributed by atoms with E-state index in [-0.39, 0.29) is 17.4 Å². The first kappa shape index (κ1) is 13.5. The van der Waals surface area contributed by atoms with Crippen molar-refractivity contribution in [3.8, 4) is 0 Å². The predicted molar refractivity (Wildman–Crippen MR) is 71.9 cm³/mol. The van der Waals surface area contributed by atoms with Crippen LogP contribution >= 0.6 is 11.3 Å². The highest BCUT2D eigenvalue weighted by atomic mass is 32.1. The standard InChI is InChI=1S/C13H20N2O2S/c1-4-17-11(16)10-9(8(2)3)15-12(18-10)13(14)6-5-7-13/h8H,4-7,14H2,1-3H3. The average molecular weight is 268 g/mol. The molecule has 0 radical (unpaired) electrons. The largest absolute Gasteiger partial charge is 0.462 e. The molecule has 0 bridgehead atoms. The molecule has 1 fully saturated rings. The van der Waals surface area contributed by atoms with Crippen molar-refractivity contribution in [2.45, 2.75) is 51.5 Å². The fourth-order valence-corrected chi connectivity index (χ4v) is 3.32. The van der Waals surface area contributed by atoms with E-state index in [2.05, 4.69) is 4.98 Å². The summed E-state index contributed by atoms with van der Waals surface area (Å²) in [5.74, 6) is -0.0639. The van der Waals surface area contributed by atoms with Gasteiger partial charge in [0.1, 0.15) is 9.88 Å². The second-order valence-electron chi connectivity index (χ2n) is 5.12. The molecule has 2 N–H and O–H groups in total. The Morgan fingerprint density at radius 3 is 2.67 bits per heavy atom. The lowest BCUT2D eigenvalue weighted by Crippen LogP contribution is -2.43. The molecule has 0 aliphatic heterocycles. The predicted octanol–water partition coefficient (Wildman–Crippen LogP) is 2.78. The Morgan fingerprint density at radius 1 is 1.56 bits per heavy atom. The fraction of sp³-hybridized carbons (Fsp3) is 0.692. The van der Waals surface area contributed by atoms with Gasteiger partial charge >= 0.3 is 5.97 Å². The van der Waals surface area contributed by atoms with Crippen LogP contribution in [0.2, 0.25) is 0 Å². The van der Waals surface area contributed by atoms with Crippen LogP contribution in [0.1, 0.15) is 66.3 Å². The lowest BCUT2D eigenvalue weighted by molar-refractivity contribution is 0.0530. The van der Waals surface area contributed by atoms with E-state index in [1.807, 2.05) is 20.8 Å². The SMILES string of the molecule is CCOC(=O)c1sc(C2(N)CCC2)nc1C(C)C. The molecular weight excluding hydrogens is 248 g/mol. The molecule has 1 aliphatic rings. The molecular formula is C13H20N2O2S. The van der Waals surface area contributed by atoms with Gasteiger partial charge in [0.15, 0.2) is 0 Å². The van der Waals surface area contributed by atoms with Crippen LogP contribution in [-0.2, 0) is 10.3 Å². The van der Waals surface area contributed by atoms with Crippen LogP contribution in [0.5, 0.6) is 0 Å². The lowest BCUT2D eigenvalue weighted by Gasteiger charge is -2.35. The summed E-state index contributed by atoms with van der Waals surface area (Å²) in [5, 5.41) is 0.889. The van der Waals surface area contributed by atoms with E-state index in [1.165, 1.54) is 11.3 Å². The van der Waals surface area contributed by atoms with Crippen molar-refractivity contribution < 1.29 is 9.53 Å². The van der Waals surface area contributed by atoms with Crippen LogP contribution in [0.25, 0.3) is 0 Å². The summed E-state index contributed by atoms with van der Waals surface area (Å²) < 4.78 is 5.09. The van der Waals surface area contributed by atoms with Crippen LogP contribution in [0.4, 0.5) is 0 Å². The third-order valence-electron chi connectivity index (χ3n) is 3.33. The number of rotatable bonds is 4. The van der Waals surface area contributed by atoms with Gasteiger partial charge in [0.05, 0.1) is 17.8 Å². The van der Waals surface area contributed by atoms with Crippen molar-refractivity contribution in [1.29, 1.82) is 0 Å². The molecule has 1 aromatic rings. The molecule has 1 heterocycles. The Bertz CT molecular complexity index is 450. The molecule has 1 saturated carbocycles. The van der Waals surface area contributed by atoms with Gasteiger partial charge in [-0.25, -0.2) is 9.78 Å². The van der Waals surface area contributed by atoms with Gasteiger partial charge in [-0.2, -0.15) is 0 Å². The molecule has 0 spiro atoms. The third-order valence-corrected chi connectivity index (χ3v) is 4.60. The van der Waals surface area contributed by atoms with Gasteiger partial charge in [-0.05, 0) is 32.1 Å². The molecule has 0 saturated heterocycles. The van der Waals surface area contributed by atoms with Gasteiger partial charge in [-0.15, -0.1) is 11.3 Å². The molecule has 4 nitrogen and oxygen atoms in total. The number of hydrogen-bond acceptors (Lipinski definition) is 5. The summed E-state index contributed by atoms with van der Waals surface area (Å²) in [6.07, 6.45) is 3.06. The maximum absolute atomic E-state index is 11.9. The van der Waals surface area contributed by atoms with Crippen LogP contribution in [0.15, 0.2) is 0 Å². The molecule has 18 heavy (non-hydrogen) atoms. The highest BCUT2D eigenvalue weighted by molar-refractivity contribution is 7.13. The first-order chi connectivity index (χ1) is 8.48. The number of nitrogens with two attached hydrogens (primary N) is 1. The van der Waals surface area contributed by atoms with Crippen LogP contribution in [0, 0.1) is 0 Å². The average Bonchev–Trinajstić information content (AvgIpc) is 2.71. The van der Waals surface area contributed by atoms with Gasteiger partial charge < -0.3 is 10.5 Å². The van der Waals surface area contributed by atoms with Crippen molar-refractivity contribution in [3.63, 3.8) is 0 Å². The smallest absolute Gasteiger partial charge is 0.350 e. The zero-order valence-electron chi connectivity index (χ0n) is 11.2. The van der Waals surface area contributed by atoms with E-state index < -0.39 is 0 Å². The number of carbonyl (C=O) groups is 1. The summed E-state index contributed by atoms with van der Waals surface area (Å²) >= 11 is 1.41. The highest BCUT2D eigenvalue weighted by Crippen LogP contribution is 2.42. The highest BCUT2D eigenvalue weighted by Gasteiger charge is 2.39. The van der Waals surface area contributed by atoms with Crippen molar-refractivity contribution in [3.05, 3.63) is 15.6 Å². The summed E-state index contributed by atoms with van der Waals surface area (Å²) in [4.78, 5) is 17.1. The quantitative estimate of drug-likeness (QED) is 0.853. The Labute approximate surface area is 112 Å². The van der Waals surface area contributed by atoms with Gasteiger partial charge in [0.25, 0.3) is 0 Å². The molecule has 5 heteroatoms. The van der Waals surface area contributed by atoms with Gasteiger partial charge in [-0.1, -0.05) is 13.8 Å². The molecule has 0 atom stereocenters. The zero-order chi connectivity index (χ0) is 13.3. The number of nitrogens with zero attached hydrogens (tertiary/aromatic N) is 1. The molecule has 2 rings (SSSR count). The second-order valence-corrected chi connectivity index (χ2v) is 6.12. The number of hydrogen-bond donors (Lipinski definition) is 1.